The van der Waals surface area contributed by atoms with Crippen molar-refractivity contribution in [2.75, 3.05) is 11.4 Å². The Morgan fingerprint density at radius 1 is 1.02 bits per heavy atom. The van der Waals surface area contributed by atoms with Crippen molar-refractivity contribution in [3.63, 3.8) is 0 Å². The van der Waals surface area contributed by atoms with E-state index in [0.717, 1.165) is 21.3 Å². The number of aromatic nitrogens is 2. The third-order valence-corrected chi connectivity index (χ3v) is 10.1. The topological polar surface area (TPSA) is 83.5 Å². The molecule has 7 nitrogen and oxygen atoms in total. The number of thiazole rings is 1. The molecule has 0 bridgehead atoms. The third-order valence-electron chi connectivity index (χ3n) is 7.00. The van der Waals surface area contributed by atoms with Gasteiger partial charge in [0, 0.05) is 29.9 Å². The standard InChI is InChI=1S/C30H25ClN4O3S2/c1-20-16-24(31)17-27-28(20)33-30(39-27)35(19-25-8-4-5-14-32-25)29(36)22-9-11-26(12-10-22)40(37,38)34-15-13-21-6-2-3-7-23(21)18-34/h2-12,14,16-17H,13,15,18-19H2,1H3. The van der Waals surface area contributed by atoms with Crippen LogP contribution >= 0.6 is 22.9 Å². The Labute approximate surface area is 241 Å². The number of hydrogen-bond donors (Lipinski definition) is 0. The minimum Gasteiger partial charge on any atom is -0.278 e. The smallest absolute Gasteiger partial charge is 0.260 e. The van der Waals surface area contributed by atoms with E-state index in [1.54, 1.807) is 23.2 Å². The molecule has 10 heteroatoms. The monoisotopic (exact) mass is 588 g/mol. The van der Waals surface area contributed by atoms with Crippen LogP contribution in [-0.4, -0.2) is 35.1 Å². The van der Waals surface area contributed by atoms with Crippen molar-refractivity contribution in [3.8, 4) is 0 Å². The van der Waals surface area contributed by atoms with E-state index < -0.39 is 10.0 Å². The van der Waals surface area contributed by atoms with Gasteiger partial charge in [-0.2, -0.15) is 4.31 Å². The molecule has 0 saturated heterocycles. The number of amides is 1. The zero-order valence-corrected chi connectivity index (χ0v) is 24.0. The van der Waals surface area contributed by atoms with Gasteiger partial charge in [-0.15, -0.1) is 0 Å². The van der Waals surface area contributed by atoms with Crippen LogP contribution in [0.15, 0.2) is 90.0 Å². The van der Waals surface area contributed by atoms with Gasteiger partial charge in [-0.25, -0.2) is 13.4 Å². The Balaban J connectivity index is 1.30. The number of hydrogen-bond acceptors (Lipinski definition) is 6. The maximum atomic E-state index is 13.9. The Hall–Kier alpha value is -3.63. The highest BCUT2D eigenvalue weighted by atomic mass is 35.5. The predicted molar refractivity (Wildman–Crippen MR) is 158 cm³/mol. The van der Waals surface area contributed by atoms with E-state index in [2.05, 4.69) is 4.98 Å². The van der Waals surface area contributed by atoms with E-state index in [1.807, 2.05) is 61.5 Å². The number of aryl methyl sites for hydroxylation is 1. The van der Waals surface area contributed by atoms with Gasteiger partial charge >= 0.3 is 0 Å². The minimum absolute atomic E-state index is 0.157. The van der Waals surface area contributed by atoms with Gasteiger partial charge in [0.25, 0.3) is 5.91 Å². The van der Waals surface area contributed by atoms with Gasteiger partial charge in [-0.3, -0.25) is 14.7 Å². The molecular weight excluding hydrogens is 564 g/mol. The summed E-state index contributed by atoms with van der Waals surface area (Å²) in [5, 5.41) is 1.12. The van der Waals surface area contributed by atoms with Crippen LogP contribution in [0, 0.1) is 6.92 Å². The number of fused-ring (bicyclic) bond motifs is 2. The summed E-state index contributed by atoms with van der Waals surface area (Å²) in [5.74, 6) is -0.302. The van der Waals surface area contributed by atoms with Crippen molar-refractivity contribution in [3.05, 3.63) is 118 Å². The normalized spacial score (nSPS) is 13.8. The van der Waals surface area contributed by atoms with Crippen LogP contribution < -0.4 is 4.90 Å². The third kappa shape index (κ3) is 5.13. The molecule has 1 amide bonds. The lowest BCUT2D eigenvalue weighted by molar-refractivity contribution is 0.0984. The summed E-state index contributed by atoms with van der Waals surface area (Å²) in [4.78, 5) is 24.8. The first kappa shape index (κ1) is 26.6. The number of rotatable bonds is 6. The fourth-order valence-electron chi connectivity index (χ4n) is 4.89. The summed E-state index contributed by atoms with van der Waals surface area (Å²) in [7, 11) is -3.72. The van der Waals surface area contributed by atoms with Gasteiger partial charge in [0.2, 0.25) is 10.0 Å². The summed E-state index contributed by atoms with van der Waals surface area (Å²) in [6.45, 7) is 2.89. The van der Waals surface area contributed by atoms with Gasteiger partial charge in [0.1, 0.15) is 0 Å². The van der Waals surface area contributed by atoms with E-state index in [0.29, 0.717) is 40.9 Å². The second-order valence-electron chi connectivity index (χ2n) is 9.66. The van der Waals surface area contributed by atoms with Gasteiger partial charge < -0.3 is 0 Å². The van der Waals surface area contributed by atoms with Crippen molar-refractivity contribution in [2.45, 2.75) is 31.3 Å². The zero-order valence-electron chi connectivity index (χ0n) is 21.6. The zero-order chi connectivity index (χ0) is 27.9. The largest absolute Gasteiger partial charge is 0.278 e. The SMILES string of the molecule is Cc1cc(Cl)cc2sc(N(Cc3ccccn3)C(=O)c3ccc(S(=O)(=O)N4CCc5ccccc5C4)cc3)nc12. The number of benzene rings is 3. The second-order valence-corrected chi connectivity index (χ2v) is 13.0. The minimum atomic E-state index is -3.72. The lowest BCUT2D eigenvalue weighted by atomic mass is 10.0. The fraction of sp³-hybridized carbons (Fsp3) is 0.167. The van der Waals surface area contributed by atoms with Crippen LogP contribution in [0.2, 0.25) is 5.02 Å². The van der Waals surface area contributed by atoms with Crippen molar-refractivity contribution in [1.29, 1.82) is 0 Å². The molecule has 0 aliphatic carbocycles. The molecule has 1 aliphatic rings. The Kier molecular flexibility index (Phi) is 7.14. The molecule has 0 saturated carbocycles. The second kappa shape index (κ2) is 10.7. The first-order valence-electron chi connectivity index (χ1n) is 12.7. The molecule has 0 unspecified atom stereocenters. The maximum Gasteiger partial charge on any atom is 0.260 e. The van der Waals surface area contributed by atoms with Crippen LogP contribution in [-0.2, 0) is 29.5 Å². The summed E-state index contributed by atoms with van der Waals surface area (Å²) < 4.78 is 29.2. The number of nitrogens with zero attached hydrogens (tertiary/aromatic N) is 4. The number of carbonyl (C=O) groups excluding carboxylic acids is 1. The van der Waals surface area contributed by atoms with E-state index in [9.17, 15) is 13.2 Å². The Morgan fingerprint density at radius 3 is 2.52 bits per heavy atom. The average Bonchev–Trinajstić information content (AvgIpc) is 3.40. The predicted octanol–water partition coefficient (Wildman–Crippen LogP) is 6.25. The molecule has 0 atom stereocenters. The van der Waals surface area contributed by atoms with Crippen molar-refractivity contribution in [2.24, 2.45) is 0 Å². The van der Waals surface area contributed by atoms with Crippen LogP contribution in [0.1, 0.15) is 32.7 Å². The fourth-order valence-corrected chi connectivity index (χ4v) is 7.72. The molecule has 40 heavy (non-hydrogen) atoms. The van der Waals surface area contributed by atoms with Crippen molar-refractivity contribution >= 4 is 54.2 Å². The van der Waals surface area contributed by atoms with Gasteiger partial charge in [0.05, 0.1) is 27.4 Å². The lowest BCUT2D eigenvalue weighted by Crippen LogP contribution is -2.36. The highest BCUT2D eigenvalue weighted by molar-refractivity contribution is 7.89. The lowest BCUT2D eigenvalue weighted by Gasteiger charge is -2.28. The van der Waals surface area contributed by atoms with E-state index in [-0.39, 0.29) is 17.3 Å². The van der Waals surface area contributed by atoms with Crippen LogP contribution in [0.5, 0.6) is 0 Å². The van der Waals surface area contributed by atoms with Crippen LogP contribution in [0.25, 0.3) is 10.2 Å². The van der Waals surface area contributed by atoms with Gasteiger partial charge in [0.15, 0.2) is 5.13 Å². The first-order valence-corrected chi connectivity index (χ1v) is 15.4. The summed E-state index contributed by atoms with van der Waals surface area (Å²) in [6.07, 6.45) is 2.35. The van der Waals surface area contributed by atoms with Gasteiger partial charge in [-0.1, -0.05) is 53.3 Å². The number of carbonyl (C=O) groups is 1. The van der Waals surface area contributed by atoms with Crippen molar-refractivity contribution in [1.82, 2.24) is 14.3 Å². The Morgan fingerprint density at radius 2 is 1.77 bits per heavy atom. The Bertz CT molecular complexity index is 1820. The molecule has 5 aromatic rings. The molecule has 0 spiro atoms. The number of pyridine rings is 1. The molecule has 0 N–H and O–H groups in total. The molecule has 1 aliphatic heterocycles. The first-order chi connectivity index (χ1) is 19.3. The van der Waals surface area contributed by atoms with E-state index in [4.69, 9.17) is 16.6 Å². The van der Waals surface area contributed by atoms with Gasteiger partial charge in [-0.05, 0) is 78.6 Å². The molecular formula is C30H25ClN4O3S2. The van der Waals surface area contributed by atoms with Crippen molar-refractivity contribution < 1.29 is 13.2 Å². The highest BCUT2D eigenvalue weighted by Crippen LogP contribution is 2.34. The molecule has 2 aromatic heterocycles. The quantitative estimate of drug-likeness (QED) is 0.234. The molecule has 6 rings (SSSR count). The highest BCUT2D eigenvalue weighted by Gasteiger charge is 2.29. The molecule has 0 radical (unpaired) electrons. The summed E-state index contributed by atoms with van der Waals surface area (Å²) in [6, 6.07) is 23.3. The number of sulfonamides is 1. The van der Waals surface area contributed by atoms with E-state index >= 15 is 0 Å². The molecule has 202 valence electrons. The number of halogens is 1. The molecule has 0 fully saturated rings. The summed E-state index contributed by atoms with van der Waals surface area (Å²) >= 11 is 7.65. The van der Waals surface area contributed by atoms with E-state index in [1.165, 1.54) is 33.3 Å². The summed E-state index contributed by atoms with van der Waals surface area (Å²) in [5.41, 5.74) is 4.96. The maximum absolute atomic E-state index is 13.9. The molecule has 3 heterocycles. The van der Waals surface area contributed by atoms with Crippen LogP contribution in [0.3, 0.4) is 0 Å². The van der Waals surface area contributed by atoms with Crippen LogP contribution in [0.4, 0.5) is 5.13 Å². The average molecular weight is 589 g/mol. The molecule has 3 aromatic carbocycles. The number of anilines is 1.